The summed E-state index contributed by atoms with van der Waals surface area (Å²) < 4.78 is 5.65. The summed E-state index contributed by atoms with van der Waals surface area (Å²) in [5, 5.41) is 12.0. The van der Waals surface area contributed by atoms with Gasteiger partial charge < -0.3 is 15.2 Å². The molecule has 0 radical (unpaired) electrons. The molecule has 3 amide bonds. The summed E-state index contributed by atoms with van der Waals surface area (Å²) in [4.78, 5) is 23.6. The molecule has 0 saturated carbocycles. The maximum Gasteiger partial charge on any atom is 0.333 e. The van der Waals surface area contributed by atoms with Crippen LogP contribution in [0.3, 0.4) is 0 Å². The van der Waals surface area contributed by atoms with Crippen LogP contribution in [-0.4, -0.2) is 30.2 Å². The maximum absolute atomic E-state index is 11.8. The van der Waals surface area contributed by atoms with Crippen LogP contribution in [0.5, 0.6) is 11.5 Å². The van der Waals surface area contributed by atoms with Crippen molar-refractivity contribution in [3.05, 3.63) is 24.3 Å². The zero-order valence-electron chi connectivity index (χ0n) is 21.9. The summed E-state index contributed by atoms with van der Waals surface area (Å²) in [6, 6.07) is 6.48. The smallest absolute Gasteiger partial charge is 0.333 e. The number of hydrogen-bond donors (Lipinski definition) is 4. The Morgan fingerprint density at radius 1 is 0.714 bits per heavy atom. The van der Waals surface area contributed by atoms with Gasteiger partial charge in [-0.3, -0.25) is 10.2 Å². The van der Waals surface area contributed by atoms with E-state index in [0.717, 1.165) is 50.7 Å². The fraction of sp³-hybridized carbons (Fsp3) is 0.714. The van der Waals surface area contributed by atoms with Crippen molar-refractivity contribution in [3.63, 3.8) is 0 Å². The molecule has 0 aromatic heterocycles. The van der Waals surface area contributed by atoms with Crippen LogP contribution in [0.2, 0.25) is 0 Å². The average molecular weight is 492 g/mol. The lowest BCUT2D eigenvalue weighted by Gasteiger charge is -2.09. The molecule has 200 valence electrons. The number of amides is 3. The molecule has 0 aliphatic carbocycles. The fourth-order valence-corrected chi connectivity index (χ4v) is 3.87. The summed E-state index contributed by atoms with van der Waals surface area (Å²) in [6.07, 6.45) is 19.0. The number of hydrazine groups is 1. The van der Waals surface area contributed by atoms with Gasteiger partial charge in [0.2, 0.25) is 5.91 Å². The first-order valence-electron chi connectivity index (χ1n) is 13.9. The molecule has 0 aliphatic rings. The minimum atomic E-state index is -0.338. The lowest BCUT2D eigenvalue weighted by Crippen LogP contribution is -2.47. The molecular formula is C28H49N3O4. The van der Waals surface area contributed by atoms with Gasteiger partial charge in [0.15, 0.2) is 0 Å². The second-order valence-electron chi connectivity index (χ2n) is 9.32. The molecule has 0 atom stereocenters. The van der Waals surface area contributed by atoms with Crippen molar-refractivity contribution in [1.82, 2.24) is 16.2 Å². The van der Waals surface area contributed by atoms with E-state index in [2.05, 4.69) is 23.1 Å². The molecule has 0 fully saturated rings. The van der Waals surface area contributed by atoms with Gasteiger partial charge in [0, 0.05) is 13.0 Å². The van der Waals surface area contributed by atoms with Crippen molar-refractivity contribution in [3.8, 4) is 11.5 Å². The number of hydrogen-bond acceptors (Lipinski definition) is 4. The van der Waals surface area contributed by atoms with E-state index in [0.29, 0.717) is 19.6 Å². The lowest BCUT2D eigenvalue weighted by atomic mass is 10.1. The number of benzene rings is 1. The highest BCUT2D eigenvalue weighted by molar-refractivity contribution is 5.80. The van der Waals surface area contributed by atoms with Crippen molar-refractivity contribution in [2.24, 2.45) is 0 Å². The van der Waals surface area contributed by atoms with Crippen LogP contribution in [0.15, 0.2) is 24.3 Å². The Bertz CT molecular complexity index is 652. The van der Waals surface area contributed by atoms with Crippen molar-refractivity contribution in [2.75, 3.05) is 13.2 Å². The van der Waals surface area contributed by atoms with Gasteiger partial charge in [0.1, 0.15) is 11.5 Å². The number of rotatable bonds is 21. The van der Waals surface area contributed by atoms with E-state index in [4.69, 9.17) is 4.74 Å². The number of carbonyl (C=O) groups is 2. The summed E-state index contributed by atoms with van der Waals surface area (Å²) >= 11 is 0. The molecule has 0 spiro atoms. The largest absolute Gasteiger partial charge is 0.508 e. The molecule has 7 nitrogen and oxygen atoms in total. The zero-order chi connectivity index (χ0) is 25.4. The van der Waals surface area contributed by atoms with E-state index in [9.17, 15) is 14.7 Å². The van der Waals surface area contributed by atoms with Crippen LogP contribution in [0.1, 0.15) is 116 Å². The van der Waals surface area contributed by atoms with E-state index in [1.54, 1.807) is 24.3 Å². The number of carbonyl (C=O) groups excluding carboxylic acids is 2. The standard InChI is InChI=1S/C28H49N3O4/c1-2-3-4-5-6-10-13-16-23-29-28(34)31-30-27(33)18-15-12-9-7-8-11-14-17-24-35-26-21-19-25(32)20-22-26/h19-22,32H,2-18,23-24H2,1H3,(H,30,33)(H2,29,31,34). The van der Waals surface area contributed by atoms with Crippen LogP contribution in [-0.2, 0) is 4.79 Å². The van der Waals surface area contributed by atoms with Gasteiger partial charge in [0.05, 0.1) is 6.61 Å². The SMILES string of the molecule is CCCCCCCCCCNC(=O)NNC(=O)CCCCCCCCCCOc1ccc(O)cc1. The van der Waals surface area contributed by atoms with Gasteiger partial charge in [-0.15, -0.1) is 0 Å². The van der Waals surface area contributed by atoms with Gasteiger partial charge in [-0.1, -0.05) is 90.4 Å². The van der Waals surface area contributed by atoms with Crippen LogP contribution in [0.25, 0.3) is 0 Å². The van der Waals surface area contributed by atoms with Crippen molar-refractivity contribution in [2.45, 2.75) is 116 Å². The second kappa shape index (κ2) is 22.1. The van der Waals surface area contributed by atoms with Crippen LogP contribution < -0.4 is 20.9 Å². The molecule has 0 saturated heterocycles. The van der Waals surface area contributed by atoms with E-state index < -0.39 is 0 Å². The van der Waals surface area contributed by atoms with Crippen LogP contribution >= 0.6 is 0 Å². The van der Waals surface area contributed by atoms with E-state index in [1.807, 2.05) is 0 Å². The normalized spacial score (nSPS) is 10.7. The number of nitrogens with one attached hydrogen (secondary N) is 3. The van der Waals surface area contributed by atoms with Gasteiger partial charge in [-0.2, -0.15) is 0 Å². The zero-order valence-corrected chi connectivity index (χ0v) is 21.9. The van der Waals surface area contributed by atoms with E-state index in [1.165, 1.54) is 57.8 Å². The van der Waals surface area contributed by atoms with Crippen molar-refractivity contribution >= 4 is 11.9 Å². The highest BCUT2D eigenvalue weighted by Crippen LogP contribution is 2.16. The Morgan fingerprint density at radius 2 is 1.26 bits per heavy atom. The molecule has 0 aliphatic heterocycles. The number of aromatic hydroxyl groups is 1. The van der Waals surface area contributed by atoms with Crippen LogP contribution in [0.4, 0.5) is 4.79 Å². The molecule has 35 heavy (non-hydrogen) atoms. The predicted molar refractivity (Wildman–Crippen MR) is 142 cm³/mol. The minimum absolute atomic E-state index is 0.138. The number of phenolic OH excluding ortho intramolecular Hbond substituents is 1. The molecule has 1 aromatic carbocycles. The Kier molecular flexibility index (Phi) is 19.3. The van der Waals surface area contributed by atoms with Gasteiger partial charge in [0.25, 0.3) is 0 Å². The average Bonchev–Trinajstić information content (AvgIpc) is 2.86. The third-order valence-corrected chi connectivity index (χ3v) is 6.03. The molecule has 0 heterocycles. The van der Waals surface area contributed by atoms with Gasteiger partial charge in [-0.05, 0) is 43.5 Å². The Labute approximate surface area is 212 Å². The van der Waals surface area contributed by atoms with Crippen molar-refractivity contribution < 1.29 is 19.4 Å². The first-order chi connectivity index (χ1) is 17.1. The predicted octanol–water partition coefficient (Wildman–Crippen LogP) is 6.75. The third-order valence-electron chi connectivity index (χ3n) is 6.03. The second-order valence-corrected chi connectivity index (χ2v) is 9.32. The molecule has 1 aromatic rings. The summed E-state index contributed by atoms with van der Waals surface area (Å²) in [5.74, 6) is 0.906. The molecular weight excluding hydrogens is 442 g/mol. The molecule has 0 unspecified atom stereocenters. The number of unbranched alkanes of at least 4 members (excludes halogenated alkanes) is 14. The Balaban J connectivity index is 1.81. The first kappa shape index (κ1) is 30.6. The topological polar surface area (TPSA) is 99.7 Å². The Morgan fingerprint density at radius 3 is 1.89 bits per heavy atom. The molecule has 0 bridgehead atoms. The van der Waals surface area contributed by atoms with Gasteiger partial charge in [-0.25, -0.2) is 10.2 Å². The number of phenols is 1. The fourth-order valence-electron chi connectivity index (χ4n) is 3.87. The summed E-state index contributed by atoms with van der Waals surface area (Å²) in [7, 11) is 0. The molecule has 1 rings (SSSR count). The van der Waals surface area contributed by atoms with Crippen molar-refractivity contribution in [1.29, 1.82) is 0 Å². The number of ether oxygens (including phenoxy) is 1. The maximum atomic E-state index is 11.8. The van der Waals surface area contributed by atoms with E-state index >= 15 is 0 Å². The first-order valence-corrected chi connectivity index (χ1v) is 13.9. The molecule has 7 heteroatoms. The van der Waals surface area contributed by atoms with E-state index in [-0.39, 0.29) is 17.7 Å². The van der Waals surface area contributed by atoms with Crippen LogP contribution in [0, 0.1) is 0 Å². The Hall–Kier alpha value is -2.44. The monoisotopic (exact) mass is 491 g/mol. The highest BCUT2D eigenvalue weighted by Gasteiger charge is 2.04. The molecule has 4 N–H and O–H groups in total. The lowest BCUT2D eigenvalue weighted by molar-refractivity contribution is -0.121. The van der Waals surface area contributed by atoms with Gasteiger partial charge >= 0.3 is 6.03 Å². The third kappa shape index (κ3) is 19.5. The quantitative estimate of drug-likeness (QED) is 0.113. The summed E-state index contributed by atoms with van der Waals surface area (Å²) in [6.45, 7) is 3.57. The highest BCUT2D eigenvalue weighted by atomic mass is 16.5. The summed E-state index contributed by atoms with van der Waals surface area (Å²) in [5.41, 5.74) is 4.92. The minimum Gasteiger partial charge on any atom is -0.508 e. The number of urea groups is 1.